The van der Waals surface area contributed by atoms with Gasteiger partial charge in [-0.1, -0.05) is 267 Å². The molecule has 470 valence electrons. The molecule has 10 heteroatoms. The van der Waals surface area contributed by atoms with Crippen molar-refractivity contribution in [2.75, 3.05) is 40.9 Å². The smallest absolute Gasteiger partial charge is 0.456 e. The van der Waals surface area contributed by atoms with Crippen molar-refractivity contribution in [2.24, 2.45) is 0 Å². The Bertz CT molecular complexity index is 1660. The minimum atomic E-state index is -4.46. The Balaban J connectivity index is 5.21. The van der Waals surface area contributed by atoms with Crippen LogP contribution >= 0.6 is 7.82 Å². The van der Waals surface area contributed by atoms with Crippen LogP contribution in [-0.4, -0.2) is 74.3 Å². The molecule has 0 saturated carbocycles. The van der Waals surface area contributed by atoms with E-state index in [4.69, 9.17) is 13.8 Å². The summed E-state index contributed by atoms with van der Waals surface area (Å²) in [4.78, 5) is 37.9. The maximum atomic E-state index is 13.6. The van der Waals surface area contributed by atoms with Gasteiger partial charge in [-0.05, 0) is 109 Å². The van der Waals surface area contributed by atoms with E-state index >= 15 is 0 Å². The van der Waals surface area contributed by atoms with E-state index in [1.54, 1.807) is 0 Å². The highest BCUT2D eigenvalue weighted by Gasteiger charge is 2.30. The first-order chi connectivity index (χ1) is 39.4. The summed E-state index contributed by atoms with van der Waals surface area (Å²) < 4.78 is 30.8. The molecule has 0 aliphatic carbocycles. The molecule has 2 N–H and O–H groups in total. The number of amides is 1. The maximum absolute atomic E-state index is 13.6. The molecule has 0 aliphatic heterocycles. The molecule has 0 aliphatic rings. The summed E-state index contributed by atoms with van der Waals surface area (Å²) in [6, 6.07) is -0.861. The van der Waals surface area contributed by atoms with Crippen LogP contribution in [0.1, 0.15) is 303 Å². The van der Waals surface area contributed by atoms with Crippen molar-refractivity contribution in [2.45, 2.75) is 315 Å². The van der Waals surface area contributed by atoms with Crippen molar-refractivity contribution in [3.8, 4) is 0 Å². The highest BCUT2D eigenvalue weighted by molar-refractivity contribution is 7.47. The number of likely N-dealkylation sites (N-methyl/N-ethyl adjacent to an activating group) is 1. The van der Waals surface area contributed by atoms with E-state index < -0.39 is 20.0 Å². The van der Waals surface area contributed by atoms with Crippen LogP contribution in [0.4, 0.5) is 0 Å². The Labute approximate surface area is 501 Å². The molecular weight excluding hydrogens is 1020 g/mol. The second-order valence-corrected chi connectivity index (χ2v) is 25.4. The highest BCUT2D eigenvalue weighted by Crippen LogP contribution is 2.43. The number of hydrogen-bond donors (Lipinski definition) is 2. The molecule has 3 atom stereocenters. The number of nitrogens with zero attached hydrogens (tertiary/aromatic N) is 1. The van der Waals surface area contributed by atoms with Crippen LogP contribution in [0.3, 0.4) is 0 Å². The van der Waals surface area contributed by atoms with Gasteiger partial charge >= 0.3 is 13.8 Å². The van der Waals surface area contributed by atoms with Gasteiger partial charge in [-0.15, -0.1) is 0 Å². The molecule has 0 aromatic rings. The van der Waals surface area contributed by atoms with Crippen LogP contribution in [0.2, 0.25) is 0 Å². The predicted molar refractivity (Wildman–Crippen MR) is 351 cm³/mol. The number of allylic oxidation sites excluding steroid dienone is 13. The molecule has 0 heterocycles. The number of hydrogen-bond acceptors (Lipinski definition) is 6. The fourth-order valence-electron chi connectivity index (χ4n) is 9.54. The van der Waals surface area contributed by atoms with E-state index in [0.29, 0.717) is 17.4 Å². The summed E-state index contributed by atoms with van der Waals surface area (Å²) in [6.45, 7) is 6.97. The van der Waals surface area contributed by atoms with E-state index in [2.05, 4.69) is 99.0 Å². The second-order valence-electron chi connectivity index (χ2n) is 24.0. The molecule has 9 nitrogen and oxygen atoms in total. The molecule has 0 saturated heterocycles. The summed E-state index contributed by atoms with van der Waals surface area (Å²) in [5, 5.41) is 3.06. The number of nitrogens with one attached hydrogen (secondary N) is 1. The van der Waals surface area contributed by atoms with Gasteiger partial charge in [0, 0.05) is 12.8 Å². The lowest BCUT2D eigenvalue weighted by Crippen LogP contribution is -2.47. The second kappa shape index (κ2) is 60.3. The Morgan fingerprint density at radius 2 is 0.753 bits per heavy atom. The van der Waals surface area contributed by atoms with Gasteiger partial charge in [0.15, 0.2) is 0 Å². The molecule has 0 aromatic carbocycles. The van der Waals surface area contributed by atoms with Gasteiger partial charge in [-0.25, -0.2) is 4.57 Å². The Hall–Kier alpha value is -2.81. The Morgan fingerprint density at radius 3 is 1.15 bits per heavy atom. The lowest BCUT2D eigenvalue weighted by Gasteiger charge is -2.27. The van der Waals surface area contributed by atoms with Crippen molar-refractivity contribution in [3.63, 3.8) is 0 Å². The van der Waals surface area contributed by atoms with Crippen molar-refractivity contribution in [3.05, 3.63) is 85.1 Å². The van der Waals surface area contributed by atoms with Gasteiger partial charge in [-0.3, -0.25) is 18.6 Å². The first-order valence-electron chi connectivity index (χ1n) is 33.9. The number of phosphoric acid groups is 1. The van der Waals surface area contributed by atoms with Gasteiger partial charge < -0.3 is 19.4 Å². The molecule has 0 fully saturated rings. The number of ether oxygens (including phenoxy) is 1. The summed E-state index contributed by atoms with van der Waals surface area (Å²) in [6.07, 6.45) is 80.0. The molecule has 0 rings (SSSR count). The molecule has 3 unspecified atom stereocenters. The third kappa shape index (κ3) is 61.6. The summed E-state index contributed by atoms with van der Waals surface area (Å²) in [7, 11) is 1.48. The first kappa shape index (κ1) is 78.2. The van der Waals surface area contributed by atoms with Crippen molar-refractivity contribution in [1.82, 2.24) is 5.32 Å². The quantitative estimate of drug-likeness (QED) is 0.0205. The minimum absolute atomic E-state index is 0.0343. The van der Waals surface area contributed by atoms with E-state index in [1.807, 2.05) is 33.3 Å². The normalized spacial score (nSPS) is 14.1. The largest absolute Gasteiger partial charge is 0.472 e. The van der Waals surface area contributed by atoms with Crippen LogP contribution < -0.4 is 5.32 Å². The van der Waals surface area contributed by atoms with E-state index in [0.717, 1.165) is 96.3 Å². The topological polar surface area (TPSA) is 111 Å². The lowest BCUT2D eigenvalue weighted by molar-refractivity contribution is -0.870. The van der Waals surface area contributed by atoms with Crippen LogP contribution in [0.5, 0.6) is 0 Å². The van der Waals surface area contributed by atoms with E-state index in [1.165, 1.54) is 173 Å². The predicted octanol–water partition coefficient (Wildman–Crippen LogP) is 21.3. The molecule has 0 bridgehead atoms. The van der Waals surface area contributed by atoms with Gasteiger partial charge in [0.2, 0.25) is 5.91 Å². The van der Waals surface area contributed by atoms with Gasteiger partial charge in [0.25, 0.3) is 0 Å². The Morgan fingerprint density at radius 1 is 0.432 bits per heavy atom. The summed E-state index contributed by atoms with van der Waals surface area (Å²) in [5.74, 6) is -0.520. The average Bonchev–Trinajstić information content (AvgIpc) is 3.44. The third-order valence-corrected chi connectivity index (χ3v) is 15.8. The highest BCUT2D eigenvalue weighted by atomic mass is 31.2. The fraction of sp³-hybridized carbons (Fsp3) is 0.775. The standard InChI is InChI=1S/C71H129N2O7P/c1-7-10-13-16-19-22-25-28-30-32-34-35-36-37-39-40-42-45-48-51-54-57-60-63-70(74)72-68(67-79-81(76,77)78-66-65-73(4,5)6)69(62-59-56-53-50-47-44-27-24-21-18-15-12-9-3)80-71(75)64-61-58-55-52-49-46-43-41-38-33-31-29-26-23-20-17-14-11-8-2/h19-20,22-23,28-31,34-35,38,41,59,62,68-69H,7-18,21,24-27,32-33,36-37,39-40,42-58,60-61,63-67H2,1-6H3,(H-,72,74,76,77)/p+1/b22-19-,23-20-,30-28-,31-29-,35-34-,41-38-,62-59-. The number of esters is 1. The van der Waals surface area contributed by atoms with E-state index in [9.17, 15) is 19.0 Å². The number of carbonyl (C=O) groups is 2. The molecule has 1 amide bonds. The number of rotatable bonds is 61. The first-order valence-corrected chi connectivity index (χ1v) is 35.4. The molecule has 0 spiro atoms. The zero-order valence-corrected chi connectivity index (χ0v) is 54.7. The molecule has 0 aromatic heterocycles. The monoisotopic (exact) mass is 1150 g/mol. The number of unbranched alkanes of at least 4 members (excludes halogenated alkanes) is 33. The molecule has 81 heavy (non-hydrogen) atoms. The maximum Gasteiger partial charge on any atom is 0.472 e. The minimum Gasteiger partial charge on any atom is -0.456 e. The molecule has 0 radical (unpaired) electrons. The summed E-state index contributed by atoms with van der Waals surface area (Å²) in [5.41, 5.74) is 0. The number of phosphoric ester groups is 1. The SMILES string of the molecule is CCCCC/C=C\C/C=C\C/C=C\CCCCCCCCCCCCC(=O)NC(COP(=O)(O)OCC[N+](C)(C)C)C(/C=C\CCCCCCCCCCCCC)OC(=O)CCCCCCCC/C=C\C/C=C\C/C=C\CCCCC. The number of quaternary nitrogens is 1. The van der Waals surface area contributed by atoms with Crippen molar-refractivity contribution >= 4 is 19.7 Å². The van der Waals surface area contributed by atoms with Crippen LogP contribution in [0.25, 0.3) is 0 Å². The zero-order chi connectivity index (χ0) is 59.3. The van der Waals surface area contributed by atoms with Crippen LogP contribution in [0.15, 0.2) is 85.1 Å². The Kier molecular flexibility index (Phi) is 58.2. The molecular formula is C71H130N2O7P+. The van der Waals surface area contributed by atoms with Crippen molar-refractivity contribution < 1.29 is 37.3 Å². The van der Waals surface area contributed by atoms with Gasteiger partial charge in [0.05, 0.1) is 33.8 Å². The number of carbonyl (C=O) groups excluding carboxylic acids is 2. The average molecular weight is 1150 g/mol. The van der Waals surface area contributed by atoms with Gasteiger partial charge in [0.1, 0.15) is 19.3 Å². The van der Waals surface area contributed by atoms with Crippen LogP contribution in [-0.2, 0) is 27.9 Å². The summed E-state index contributed by atoms with van der Waals surface area (Å²) >= 11 is 0. The van der Waals surface area contributed by atoms with Gasteiger partial charge in [-0.2, -0.15) is 0 Å². The third-order valence-electron chi connectivity index (χ3n) is 14.8. The van der Waals surface area contributed by atoms with Crippen LogP contribution in [0, 0.1) is 0 Å². The lowest BCUT2D eigenvalue weighted by atomic mass is 10.0. The zero-order valence-electron chi connectivity index (χ0n) is 53.8. The fourth-order valence-corrected chi connectivity index (χ4v) is 10.3. The van der Waals surface area contributed by atoms with E-state index in [-0.39, 0.29) is 31.5 Å². The van der Waals surface area contributed by atoms with Crippen molar-refractivity contribution in [1.29, 1.82) is 0 Å².